The maximum absolute atomic E-state index is 12.9. The van der Waals surface area contributed by atoms with Crippen LogP contribution in [0, 0.1) is 5.82 Å². The fourth-order valence-electron chi connectivity index (χ4n) is 2.20. The van der Waals surface area contributed by atoms with Crippen molar-refractivity contribution in [2.75, 3.05) is 0 Å². The Morgan fingerprint density at radius 1 is 1.08 bits per heavy atom. The fourth-order valence-corrected chi connectivity index (χ4v) is 2.20. The van der Waals surface area contributed by atoms with Gasteiger partial charge in [-0.25, -0.2) is 9.18 Å². The smallest absolute Gasteiger partial charge is 0.348 e. The molecule has 0 fully saturated rings. The van der Waals surface area contributed by atoms with Gasteiger partial charge in [-0.05, 0) is 43.2 Å². The predicted octanol–water partition coefficient (Wildman–Crippen LogP) is 3.23. The molecule has 2 aromatic carbocycles. The maximum atomic E-state index is 12.9. The van der Waals surface area contributed by atoms with E-state index in [1.54, 1.807) is 43.3 Å². The Hall–Kier alpha value is -2.89. The van der Waals surface area contributed by atoms with E-state index >= 15 is 0 Å². The molecule has 2 atom stereocenters. The molecule has 5 nitrogen and oxygen atoms in total. The summed E-state index contributed by atoms with van der Waals surface area (Å²) in [7, 11) is 0. The van der Waals surface area contributed by atoms with E-state index in [1.165, 1.54) is 19.1 Å². The summed E-state index contributed by atoms with van der Waals surface area (Å²) >= 11 is 0. The number of amides is 1. The summed E-state index contributed by atoms with van der Waals surface area (Å²) < 4.78 is 23.7. The van der Waals surface area contributed by atoms with Gasteiger partial charge in [0.05, 0.1) is 0 Å². The Bertz CT molecular complexity index is 718. The van der Waals surface area contributed by atoms with E-state index in [2.05, 4.69) is 5.32 Å². The molecule has 0 bridgehead atoms. The average Bonchev–Trinajstić information content (AvgIpc) is 2.66. The van der Waals surface area contributed by atoms with Crippen LogP contribution in [0.5, 0.6) is 5.75 Å². The van der Waals surface area contributed by atoms with E-state index in [1.807, 2.05) is 6.07 Å². The summed E-state index contributed by atoms with van der Waals surface area (Å²) in [5.41, 5.74) is 0.747. The van der Waals surface area contributed by atoms with Crippen molar-refractivity contribution in [3.63, 3.8) is 0 Å². The highest BCUT2D eigenvalue weighted by Crippen LogP contribution is 2.14. The van der Waals surface area contributed by atoms with Crippen molar-refractivity contribution in [3.05, 3.63) is 66.0 Å². The first-order valence-electron chi connectivity index (χ1n) is 8.44. The Labute approximate surface area is 152 Å². The van der Waals surface area contributed by atoms with Crippen LogP contribution in [-0.4, -0.2) is 24.1 Å². The fraction of sp³-hybridized carbons (Fsp3) is 0.300. The lowest BCUT2D eigenvalue weighted by atomic mass is 10.2. The lowest BCUT2D eigenvalue weighted by Crippen LogP contribution is -2.39. The highest BCUT2D eigenvalue weighted by atomic mass is 19.1. The molecule has 0 aromatic heterocycles. The number of hydrogen-bond acceptors (Lipinski definition) is 4. The van der Waals surface area contributed by atoms with Crippen molar-refractivity contribution in [2.24, 2.45) is 0 Å². The standard InChI is InChI=1S/C20H22FNO4/c1-3-18(26-17-7-5-4-6-8-17)20(24)25-14(2)19(23)22-13-15-9-11-16(21)12-10-15/h4-12,14,18H,3,13H2,1-2H3,(H,22,23)/t14-,18-/m0/s1. The van der Waals surface area contributed by atoms with Gasteiger partial charge in [0.1, 0.15) is 11.6 Å². The Morgan fingerprint density at radius 3 is 2.35 bits per heavy atom. The second kappa shape index (κ2) is 9.56. The van der Waals surface area contributed by atoms with Crippen molar-refractivity contribution in [1.82, 2.24) is 5.32 Å². The van der Waals surface area contributed by atoms with Crippen LogP contribution in [0.2, 0.25) is 0 Å². The van der Waals surface area contributed by atoms with Gasteiger partial charge in [-0.15, -0.1) is 0 Å². The van der Waals surface area contributed by atoms with Crippen LogP contribution in [0.25, 0.3) is 0 Å². The monoisotopic (exact) mass is 359 g/mol. The molecule has 0 aliphatic rings. The number of carbonyl (C=O) groups is 2. The van der Waals surface area contributed by atoms with E-state index in [9.17, 15) is 14.0 Å². The summed E-state index contributed by atoms with van der Waals surface area (Å²) in [5.74, 6) is -0.811. The molecular weight excluding hydrogens is 337 g/mol. The average molecular weight is 359 g/mol. The molecule has 0 spiro atoms. The van der Waals surface area contributed by atoms with E-state index < -0.39 is 24.1 Å². The Morgan fingerprint density at radius 2 is 1.73 bits per heavy atom. The van der Waals surface area contributed by atoms with Crippen LogP contribution in [0.1, 0.15) is 25.8 Å². The number of benzene rings is 2. The molecule has 0 unspecified atom stereocenters. The van der Waals surface area contributed by atoms with Crippen LogP contribution >= 0.6 is 0 Å². The summed E-state index contributed by atoms with van der Waals surface area (Å²) in [6, 6.07) is 14.7. The van der Waals surface area contributed by atoms with E-state index in [-0.39, 0.29) is 12.4 Å². The van der Waals surface area contributed by atoms with Crippen LogP contribution in [0.3, 0.4) is 0 Å². The van der Waals surface area contributed by atoms with Crippen molar-refractivity contribution in [2.45, 2.75) is 39.0 Å². The van der Waals surface area contributed by atoms with Gasteiger partial charge in [0.15, 0.2) is 12.2 Å². The van der Waals surface area contributed by atoms with Crippen LogP contribution < -0.4 is 10.1 Å². The molecule has 0 saturated carbocycles. The molecular formula is C20H22FNO4. The molecule has 2 aromatic rings. The normalized spacial score (nSPS) is 12.7. The highest BCUT2D eigenvalue weighted by molar-refractivity contribution is 5.84. The van der Waals surface area contributed by atoms with Gasteiger partial charge in [0.2, 0.25) is 0 Å². The first-order valence-corrected chi connectivity index (χ1v) is 8.44. The van der Waals surface area contributed by atoms with Gasteiger partial charge in [-0.3, -0.25) is 4.79 Å². The van der Waals surface area contributed by atoms with Crippen molar-refractivity contribution < 1.29 is 23.5 Å². The molecule has 0 heterocycles. The number of nitrogens with one attached hydrogen (secondary N) is 1. The van der Waals surface area contributed by atoms with Gasteiger partial charge in [0, 0.05) is 6.54 Å². The van der Waals surface area contributed by atoms with Gasteiger partial charge in [0.25, 0.3) is 5.91 Å². The Balaban J connectivity index is 1.84. The first kappa shape index (κ1) is 19.4. The number of halogens is 1. The summed E-state index contributed by atoms with van der Waals surface area (Å²) in [5, 5.41) is 2.65. The first-order chi connectivity index (χ1) is 12.5. The second-order valence-corrected chi connectivity index (χ2v) is 5.75. The minimum atomic E-state index is -0.962. The minimum Gasteiger partial charge on any atom is -0.479 e. The molecule has 138 valence electrons. The molecule has 1 N–H and O–H groups in total. The Kier molecular flexibility index (Phi) is 7.14. The molecule has 0 aliphatic heterocycles. The molecule has 0 saturated heterocycles. The van der Waals surface area contributed by atoms with Crippen molar-refractivity contribution in [3.8, 4) is 5.75 Å². The maximum Gasteiger partial charge on any atom is 0.348 e. The molecule has 1 amide bonds. The molecule has 0 aliphatic carbocycles. The summed E-state index contributed by atoms with van der Waals surface area (Å²) in [6.45, 7) is 3.51. The minimum absolute atomic E-state index is 0.221. The molecule has 2 rings (SSSR count). The van der Waals surface area contributed by atoms with Gasteiger partial charge >= 0.3 is 5.97 Å². The van der Waals surface area contributed by atoms with E-state index in [0.29, 0.717) is 12.2 Å². The third-order valence-corrected chi connectivity index (χ3v) is 3.70. The number of ether oxygens (including phenoxy) is 2. The zero-order chi connectivity index (χ0) is 18.9. The lowest BCUT2D eigenvalue weighted by molar-refractivity contribution is -0.161. The zero-order valence-electron chi connectivity index (χ0n) is 14.8. The summed E-state index contributed by atoms with van der Waals surface area (Å²) in [4.78, 5) is 24.3. The second-order valence-electron chi connectivity index (χ2n) is 5.75. The SMILES string of the molecule is CC[C@H](Oc1ccccc1)C(=O)O[C@@H](C)C(=O)NCc1ccc(F)cc1. The van der Waals surface area contributed by atoms with E-state index in [0.717, 1.165) is 5.56 Å². The molecule has 6 heteroatoms. The largest absolute Gasteiger partial charge is 0.479 e. The zero-order valence-corrected chi connectivity index (χ0v) is 14.8. The van der Waals surface area contributed by atoms with Gasteiger partial charge < -0.3 is 14.8 Å². The molecule has 0 radical (unpaired) electrons. The third-order valence-electron chi connectivity index (χ3n) is 3.70. The highest BCUT2D eigenvalue weighted by Gasteiger charge is 2.25. The van der Waals surface area contributed by atoms with Crippen molar-refractivity contribution >= 4 is 11.9 Å². The van der Waals surface area contributed by atoms with Crippen LogP contribution in [0.4, 0.5) is 4.39 Å². The van der Waals surface area contributed by atoms with E-state index in [4.69, 9.17) is 9.47 Å². The van der Waals surface area contributed by atoms with Crippen molar-refractivity contribution in [1.29, 1.82) is 0 Å². The number of hydrogen-bond donors (Lipinski definition) is 1. The van der Waals surface area contributed by atoms with Crippen LogP contribution in [-0.2, 0) is 20.9 Å². The summed E-state index contributed by atoms with van der Waals surface area (Å²) in [6.07, 6.45) is -1.33. The number of para-hydroxylation sites is 1. The topological polar surface area (TPSA) is 64.6 Å². The van der Waals surface area contributed by atoms with Gasteiger partial charge in [-0.1, -0.05) is 37.3 Å². The number of carbonyl (C=O) groups excluding carboxylic acids is 2. The van der Waals surface area contributed by atoms with Gasteiger partial charge in [-0.2, -0.15) is 0 Å². The quantitative estimate of drug-likeness (QED) is 0.735. The number of esters is 1. The predicted molar refractivity (Wildman–Crippen MR) is 94.9 cm³/mol. The molecule has 26 heavy (non-hydrogen) atoms. The number of rotatable bonds is 8. The third kappa shape index (κ3) is 5.88. The van der Waals surface area contributed by atoms with Crippen LogP contribution in [0.15, 0.2) is 54.6 Å². The lowest BCUT2D eigenvalue weighted by Gasteiger charge is -2.19.